The molecule has 3 nitrogen and oxygen atoms in total. The summed E-state index contributed by atoms with van der Waals surface area (Å²) in [7, 11) is 0. The largest absolute Gasteiger partial charge is 0.393 e. The molecule has 1 fully saturated rings. The van der Waals surface area contributed by atoms with Gasteiger partial charge < -0.3 is 10.4 Å². The van der Waals surface area contributed by atoms with Crippen molar-refractivity contribution in [1.82, 2.24) is 5.32 Å². The maximum absolute atomic E-state index is 11.7. The van der Waals surface area contributed by atoms with Gasteiger partial charge in [0.15, 0.2) is 0 Å². The van der Waals surface area contributed by atoms with Crippen LogP contribution in [0.5, 0.6) is 0 Å². The van der Waals surface area contributed by atoms with E-state index in [-0.39, 0.29) is 18.1 Å². The summed E-state index contributed by atoms with van der Waals surface area (Å²) in [6.45, 7) is 0. The van der Waals surface area contributed by atoms with Gasteiger partial charge in [0.25, 0.3) is 0 Å². The Morgan fingerprint density at radius 3 is 2.50 bits per heavy atom. The van der Waals surface area contributed by atoms with Gasteiger partial charge in [-0.05, 0) is 37.3 Å². The van der Waals surface area contributed by atoms with Crippen molar-refractivity contribution in [3.05, 3.63) is 42.0 Å². The van der Waals surface area contributed by atoms with Crippen molar-refractivity contribution in [1.29, 1.82) is 0 Å². The number of carbonyl (C=O) groups is 1. The maximum atomic E-state index is 11.7. The molecule has 1 aromatic carbocycles. The molecule has 1 saturated carbocycles. The standard InChI is InChI=1S/C15H19NO2/c17-14-9-7-13(8-10-14)16-15(18)11-6-12-4-2-1-3-5-12/h1-6,11,13-14,17H,7-10H2,(H,16,18)/b11-6+. The third kappa shape index (κ3) is 4.00. The van der Waals surface area contributed by atoms with Gasteiger partial charge in [-0.25, -0.2) is 0 Å². The third-order valence-electron chi connectivity index (χ3n) is 3.27. The average molecular weight is 245 g/mol. The number of nitrogens with one attached hydrogen (secondary N) is 1. The molecule has 0 spiro atoms. The molecule has 0 aromatic heterocycles. The van der Waals surface area contributed by atoms with E-state index >= 15 is 0 Å². The lowest BCUT2D eigenvalue weighted by Crippen LogP contribution is -2.37. The van der Waals surface area contributed by atoms with E-state index in [4.69, 9.17) is 0 Å². The molecule has 0 heterocycles. The van der Waals surface area contributed by atoms with E-state index < -0.39 is 0 Å². The highest BCUT2D eigenvalue weighted by molar-refractivity contribution is 5.91. The SMILES string of the molecule is O=C(/C=C/c1ccccc1)NC1CCC(O)CC1. The Balaban J connectivity index is 1.80. The van der Waals surface area contributed by atoms with E-state index in [1.54, 1.807) is 6.08 Å². The highest BCUT2D eigenvalue weighted by Crippen LogP contribution is 2.18. The fraction of sp³-hybridized carbons (Fsp3) is 0.400. The first-order chi connectivity index (χ1) is 8.74. The number of aliphatic hydroxyl groups excluding tert-OH is 1. The number of hydrogen-bond donors (Lipinski definition) is 2. The summed E-state index contributed by atoms with van der Waals surface area (Å²) in [5.74, 6) is -0.0553. The van der Waals surface area contributed by atoms with E-state index in [0.717, 1.165) is 31.2 Å². The second-order valence-electron chi connectivity index (χ2n) is 4.76. The molecule has 0 saturated heterocycles. The lowest BCUT2D eigenvalue weighted by atomic mass is 9.93. The molecule has 1 aromatic rings. The fourth-order valence-corrected chi connectivity index (χ4v) is 2.21. The van der Waals surface area contributed by atoms with E-state index in [1.165, 1.54) is 0 Å². The summed E-state index contributed by atoms with van der Waals surface area (Å²) < 4.78 is 0. The van der Waals surface area contributed by atoms with Crippen molar-refractivity contribution in [3.8, 4) is 0 Å². The van der Waals surface area contributed by atoms with Gasteiger partial charge in [0.05, 0.1) is 6.10 Å². The quantitative estimate of drug-likeness (QED) is 0.801. The Labute approximate surface area is 108 Å². The molecule has 2 N–H and O–H groups in total. The minimum absolute atomic E-state index is 0.0553. The number of aliphatic hydroxyl groups is 1. The Morgan fingerprint density at radius 2 is 1.83 bits per heavy atom. The molecule has 0 radical (unpaired) electrons. The molecule has 3 heteroatoms. The first kappa shape index (κ1) is 12.8. The first-order valence-corrected chi connectivity index (χ1v) is 6.46. The van der Waals surface area contributed by atoms with Crippen LogP contribution in [-0.4, -0.2) is 23.2 Å². The predicted molar refractivity (Wildman–Crippen MR) is 71.9 cm³/mol. The predicted octanol–water partition coefficient (Wildman–Crippen LogP) is 2.12. The molecular formula is C15H19NO2. The topological polar surface area (TPSA) is 49.3 Å². The molecule has 0 unspecified atom stereocenters. The van der Waals surface area contributed by atoms with Crippen LogP contribution < -0.4 is 5.32 Å². The van der Waals surface area contributed by atoms with Gasteiger partial charge in [-0.3, -0.25) is 4.79 Å². The molecule has 1 aliphatic carbocycles. The minimum Gasteiger partial charge on any atom is -0.393 e. The lowest BCUT2D eigenvalue weighted by molar-refractivity contribution is -0.117. The average Bonchev–Trinajstić information content (AvgIpc) is 2.40. The molecule has 0 atom stereocenters. The normalized spacial score (nSPS) is 24.1. The van der Waals surface area contributed by atoms with E-state index in [9.17, 15) is 9.90 Å². The van der Waals surface area contributed by atoms with Gasteiger partial charge in [-0.15, -0.1) is 0 Å². The summed E-state index contributed by atoms with van der Waals surface area (Å²) in [5.41, 5.74) is 1.02. The van der Waals surface area contributed by atoms with Crippen molar-refractivity contribution >= 4 is 12.0 Å². The van der Waals surface area contributed by atoms with Crippen LogP contribution in [0.3, 0.4) is 0 Å². The van der Waals surface area contributed by atoms with Crippen LogP contribution in [0, 0.1) is 0 Å². The Kier molecular flexibility index (Phi) is 4.53. The smallest absolute Gasteiger partial charge is 0.244 e. The molecule has 18 heavy (non-hydrogen) atoms. The molecule has 0 aliphatic heterocycles. The Hall–Kier alpha value is -1.61. The molecule has 96 valence electrons. The maximum Gasteiger partial charge on any atom is 0.244 e. The lowest BCUT2D eigenvalue weighted by Gasteiger charge is -2.25. The van der Waals surface area contributed by atoms with Crippen LogP contribution in [0.4, 0.5) is 0 Å². The summed E-state index contributed by atoms with van der Waals surface area (Å²) in [5, 5.41) is 12.4. The molecular weight excluding hydrogens is 226 g/mol. The number of rotatable bonds is 3. The Morgan fingerprint density at radius 1 is 1.17 bits per heavy atom. The third-order valence-corrected chi connectivity index (χ3v) is 3.27. The highest BCUT2D eigenvalue weighted by atomic mass is 16.3. The summed E-state index contributed by atoms with van der Waals surface area (Å²) in [4.78, 5) is 11.7. The van der Waals surface area contributed by atoms with Gasteiger partial charge in [0, 0.05) is 12.1 Å². The van der Waals surface area contributed by atoms with Gasteiger partial charge in [0.2, 0.25) is 5.91 Å². The van der Waals surface area contributed by atoms with E-state index in [1.807, 2.05) is 36.4 Å². The van der Waals surface area contributed by atoms with Gasteiger partial charge in [0.1, 0.15) is 0 Å². The number of hydrogen-bond acceptors (Lipinski definition) is 2. The zero-order valence-corrected chi connectivity index (χ0v) is 10.4. The van der Waals surface area contributed by atoms with Crippen LogP contribution in [0.25, 0.3) is 6.08 Å². The van der Waals surface area contributed by atoms with Crippen molar-refractivity contribution in [2.75, 3.05) is 0 Å². The fourth-order valence-electron chi connectivity index (χ4n) is 2.21. The molecule has 1 amide bonds. The second-order valence-corrected chi connectivity index (χ2v) is 4.76. The van der Waals surface area contributed by atoms with Crippen LogP contribution in [0.15, 0.2) is 36.4 Å². The van der Waals surface area contributed by atoms with Crippen molar-refractivity contribution in [2.24, 2.45) is 0 Å². The Bertz CT molecular complexity index is 406. The van der Waals surface area contributed by atoms with E-state index in [2.05, 4.69) is 5.32 Å². The van der Waals surface area contributed by atoms with E-state index in [0.29, 0.717) is 0 Å². The van der Waals surface area contributed by atoms with Crippen molar-refractivity contribution < 1.29 is 9.90 Å². The monoisotopic (exact) mass is 245 g/mol. The van der Waals surface area contributed by atoms with Crippen molar-refractivity contribution in [3.63, 3.8) is 0 Å². The second kappa shape index (κ2) is 6.36. The highest BCUT2D eigenvalue weighted by Gasteiger charge is 2.19. The number of amides is 1. The zero-order valence-electron chi connectivity index (χ0n) is 10.4. The summed E-state index contributed by atoms with van der Waals surface area (Å²) in [6, 6.07) is 9.97. The molecule has 0 bridgehead atoms. The molecule has 2 rings (SSSR count). The van der Waals surface area contributed by atoms with Gasteiger partial charge >= 0.3 is 0 Å². The minimum atomic E-state index is -0.182. The van der Waals surface area contributed by atoms with Crippen LogP contribution in [0.2, 0.25) is 0 Å². The first-order valence-electron chi connectivity index (χ1n) is 6.46. The van der Waals surface area contributed by atoms with Crippen LogP contribution in [0.1, 0.15) is 31.2 Å². The zero-order chi connectivity index (χ0) is 12.8. The number of carbonyl (C=O) groups excluding carboxylic acids is 1. The van der Waals surface area contributed by atoms with Gasteiger partial charge in [-0.1, -0.05) is 30.3 Å². The van der Waals surface area contributed by atoms with Gasteiger partial charge in [-0.2, -0.15) is 0 Å². The summed E-state index contributed by atoms with van der Waals surface area (Å²) >= 11 is 0. The summed E-state index contributed by atoms with van der Waals surface area (Å²) in [6.07, 6.45) is 6.50. The van der Waals surface area contributed by atoms with Crippen LogP contribution >= 0.6 is 0 Å². The van der Waals surface area contributed by atoms with Crippen LogP contribution in [-0.2, 0) is 4.79 Å². The number of benzene rings is 1. The van der Waals surface area contributed by atoms with Crippen molar-refractivity contribution in [2.45, 2.75) is 37.8 Å². The molecule has 1 aliphatic rings.